The second-order valence-electron chi connectivity index (χ2n) is 6.18. The third kappa shape index (κ3) is 3.04. The third-order valence-corrected chi connectivity index (χ3v) is 5.60. The SMILES string of the molecule is N#Cc1c(N)nc(C(C#N)c2nc3ccccc3s2)c(C#N)c1-c1ccccc1. The van der Waals surface area contributed by atoms with Gasteiger partial charge in [0, 0.05) is 5.56 Å². The summed E-state index contributed by atoms with van der Waals surface area (Å²) in [6, 6.07) is 23.0. The number of para-hydroxylation sites is 1. The summed E-state index contributed by atoms with van der Waals surface area (Å²) in [5, 5.41) is 30.0. The minimum absolute atomic E-state index is 0.0123. The van der Waals surface area contributed by atoms with Crippen molar-refractivity contribution >= 4 is 27.4 Å². The van der Waals surface area contributed by atoms with Gasteiger partial charge in [0.25, 0.3) is 0 Å². The fraction of sp³-hybridized carbons (Fsp3) is 0.0455. The van der Waals surface area contributed by atoms with E-state index in [9.17, 15) is 15.8 Å². The molecule has 4 rings (SSSR count). The van der Waals surface area contributed by atoms with Crippen molar-refractivity contribution in [3.05, 3.63) is 76.4 Å². The number of benzene rings is 2. The lowest BCUT2D eigenvalue weighted by atomic mass is 9.91. The van der Waals surface area contributed by atoms with E-state index in [1.165, 1.54) is 11.3 Å². The minimum Gasteiger partial charge on any atom is -0.383 e. The highest BCUT2D eigenvalue weighted by atomic mass is 32.1. The average Bonchev–Trinajstić information content (AvgIpc) is 3.18. The van der Waals surface area contributed by atoms with Crippen LogP contribution < -0.4 is 5.73 Å². The average molecular weight is 392 g/mol. The number of hydrogen-bond donors (Lipinski definition) is 1. The molecule has 0 aliphatic carbocycles. The summed E-state index contributed by atoms with van der Waals surface area (Å²) in [6.07, 6.45) is 0. The first-order valence-corrected chi connectivity index (χ1v) is 9.43. The Bertz CT molecular complexity index is 1320. The van der Waals surface area contributed by atoms with E-state index in [2.05, 4.69) is 22.1 Å². The van der Waals surface area contributed by atoms with E-state index in [0.29, 0.717) is 16.1 Å². The second-order valence-corrected chi connectivity index (χ2v) is 7.24. The van der Waals surface area contributed by atoms with Gasteiger partial charge in [-0.15, -0.1) is 11.3 Å². The second kappa shape index (κ2) is 7.40. The Balaban J connectivity index is 2.01. The van der Waals surface area contributed by atoms with Crippen molar-refractivity contribution in [2.45, 2.75) is 5.92 Å². The summed E-state index contributed by atoms with van der Waals surface area (Å²) in [7, 11) is 0. The fourth-order valence-electron chi connectivity index (χ4n) is 3.20. The quantitative estimate of drug-likeness (QED) is 0.553. The van der Waals surface area contributed by atoms with E-state index in [-0.39, 0.29) is 22.6 Å². The lowest BCUT2D eigenvalue weighted by molar-refractivity contribution is 0.950. The Morgan fingerprint density at radius 3 is 2.21 bits per heavy atom. The molecule has 0 saturated heterocycles. The first-order chi connectivity index (χ1) is 14.2. The van der Waals surface area contributed by atoms with Gasteiger partial charge in [0.1, 0.15) is 34.4 Å². The molecule has 6 nitrogen and oxygen atoms in total. The van der Waals surface area contributed by atoms with Gasteiger partial charge < -0.3 is 5.73 Å². The molecular weight excluding hydrogens is 380 g/mol. The Kier molecular flexibility index (Phi) is 4.63. The number of nitrogens with two attached hydrogens (primary N) is 1. The summed E-state index contributed by atoms with van der Waals surface area (Å²) < 4.78 is 0.936. The molecule has 1 atom stereocenters. The summed E-state index contributed by atoms with van der Waals surface area (Å²) >= 11 is 1.37. The zero-order chi connectivity index (χ0) is 20.4. The lowest BCUT2D eigenvalue weighted by Gasteiger charge is -2.15. The first-order valence-electron chi connectivity index (χ1n) is 8.62. The molecule has 0 radical (unpaired) electrons. The topological polar surface area (TPSA) is 123 Å². The van der Waals surface area contributed by atoms with Crippen LogP contribution in [0.2, 0.25) is 0 Å². The predicted octanol–water partition coefficient (Wildman–Crippen LogP) is 4.34. The van der Waals surface area contributed by atoms with E-state index in [1.54, 1.807) is 12.1 Å². The van der Waals surface area contributed by atoms with Crippen LogP contribution >= 0.6 is 11.3 Å². The molecule has 0 bridgehead atoms. The maximum absolute atomic E-state index is 9.94. The van der Waals surface area contributed by atoms with Gasteiger partial charge in [0.2, 0.25) is 0 Å². The van der Waals surface area contributed by atoms with Crippen LogP contribution in [0, 0.1) is 34.0 Å². The van der Waals surface area contributed by atoms with Crippen LogP contribution in [0.4, 0.5) is 5.82 Å². The van der Waals surface area contributed by atoms with E-state index >= 15 is 0 Å². The molecule has 7 heteroatoms. The molecule has 1 unspecified atom stereocenters. The molecule has 0 saturated carbocycles. The third-order valence-electron chi connectivity index (χ3n) is 4.50. The lowest BCUT2D eigenvalue weighted by Crippen LogP contribution is -2.10. The highest BCUT2D eigenvalue weighted by Gasteiger charge is 2.28. The number of nitriles is 3. The smallest absolute Gasteiger partial charge is 0.142 e. The number of aromatic nitrogens is 2. The summed E-state index contributed by atoms with van der Waals surface area (Å²) in [6.45, 7) is 0. The van der Waals surface area contributed by atoms with Crippen molar-refractivity contribution in [1.82, 2.24) is 9.97 Å². The van der Waals surface area contributed by atoms with E-state index in [0.717, 1.165) is 10.2 Å². The summed E-state index contributed by atoms with van der Waals surface area (Å²) in [5.41, 5.74) is 8.39. The van der Waals surface area contributed by atoms with Crippen LogP contribution in [0.1, 0.15) is 27.7 Å². The molecule has 2 N–H and O–H groups in total. The van der Waals surface area contributed by atoms with Gasteiger partial charge in [0.05, 0.1) is 27.5 Å². The van der Waals surface area contributed by atoms with Gasteiger partial charge in [-0.3, -0.25) is 0 Å². The molecule has 4 aromatic rings. The molecule has 2 heterocycles. The standard InChI is InChI=1S/C22H12N6S/c23-10-14-19(13-6-2-1-3-7-13)15(11-24)21(26)28-20(14)16(12-25)22-27-17-8-4-5-9-18(17)29-22/h1-9,16H,(H2,26,28). The number of hydrogen-bond acceptors (Lipinski definition) is 7. The van der Waals surface area contributed by atoms with Gasteiger partial charge in [-0.25, -0.2) is 9.97 Å². The van der Waals surface area contributed by atoms with Crippen LogP contribution in [0.15, 0.2) is 54.6 Å². The highest BCUT2D eigenvalue weighted by Crippen LogP contribution is 2.38. The predicted molar refractivity (Wildman–Crippen MR) is 111 cm³/mol. The normalized spacial score (nSPS) is 11.3. The Morgan fingerprint density at radius 1 is 0.862 bits per heavy atom. The number of fused-ring (bicyclic) bond motifs is 1. The molecule has 2 aromatic carbocycles. The zero-order valence-electron chi connectivity index (χ0n) is 15.0. The zero-order valence-corrected chi connectivity index (χ0v) is 15.8. The van der Waals surface area contributed by atoms with Crippen LogP contribution in [0.5, 0.6) is 0 Å². The van der Waals surface area contributed by atoms with Crippen LogP contribution in [0.25, 0.3) is 21.3 Å². The van der Waals surface area contributed by atoms with Crippen molar-refractivity contribution in [2.75, 3.05) is 5.73 Å². The van der Waals surface area contributed by atoms with Crippen molar-refractivity contribution in [3.8, 4) is 29.3 Å². The monoisotopic (exact) mass is 392 g/mol. The van der Waals surface area contributed by atoms with Crippen LogP contribution in [0.3, 0.4) is 0 Å². The maximum Gasteiger partial charge on any atom is 0.142 e. The van der Waals surface area contributed by atoms with Gasteiger partial charge in [-0.05, 0) is 17.7 Å². The minimum atomic E-state index is -0.875. The first kappa shape index (κ1) is 18.1. The van der Waals surface area contributed by atoms with Crippen LogP contribution in [-0.4, -0.2) is 9.97 Å². The van der Waals surface area contributed by atoms with Crippen molar-refractivity contribution in [3.63, 3.8) is 0 Å². The number of anilines is 1. The van der Waals surface area contributed by atoms with Crippen molar-refractivity contribution < 1.29 is 0 Å². The summed E-state index contributed by atoms with van der Waals surface area (Å²) in [5.74, 6) is -0.888. The molecule has 136 valence electrons. The maximum atomic E-state index is 9.94. The number of thiazole rings is 1. The van der Waals surface area contributed by atoms with E-state index in [4.69, 9.17) is 5.73 Å². The number of pyridine rings is 1. The molecule has 0 fully saturated rings. The van der Waals surface area contributed by atoms with Gasteiger partial charge in [-0.2, -0.15) is 15.8 Å². The Hall–Kier alpha value is -4.25. The van der Waals surface area contributed by atoms with Gasteiger partial charge in [0.15, 0.2) is 0 Å². The number of rotatable bonds is 3. The molecule has 0 amide bonds. The van der Waals surface area contributed by atoms with E-state index in [1.807, 2.05) is 48.5 Å². The molecule has 29 heavy (non-hydrogen) atoms. The molecule has 0 aliphatic heterocycles. The Labute approximate surface area is 170 Å². The molecule has 0 spiro atoms. The summed E-state index contributed by atoms with van der Waals surface area (Å²) in [4.78, 5) is 8.85. The number of nitrogens with zero attached hydrogens (tertiary/aromatic N) is 5. The van der Waals surface area contributed by atoms with Crippen LogP contribution in [-0.2, 0) is 0 Å². The van der Waals surface area contributed by atoms with Gasteiger partial charge in [-0.1, -0.05) is 42.5 Å². The Morgan fingerprint density at radius 2 is 1.55 bits per heavy atom. The molecule has 0 aliphatic rings. The fourth-order valence-corrected chi connectivity index (χ4v) is 4.21. The number of nitrogen functional groups attached to an aromatic ring is 1. The molecular formula is C22H12N6S. The highest BCUT2D eigenvalue weighted by molar-refractivity contribution is 7.18. The van der Waals surface area contributed by atoms with Crippen molar-refractivity contribution in [1.29, 1.82) is 15.8 Å². The van der Waals surface area contributed by atoms with Crippen molar-refractivity contribution in [2.24, 2.45) is 0 Å². The van der Waals surface area contributed by atoms with Gasteiger partial charge >= 0.3 is 0 Å². The molecule has 2 aromatic heterocycles. The largest absolute Gasteiger partial charge is 0.383 e. The van der Waals surface area contributed by atoms with E-state index < -0.39 is 5.92 Å².